The molecule has 3 heterocycles. The molecular weight excluding hydrogens is 390 g/mol. The molecule has 0 bridgehead atoms. The van der Waals surface area contributed by atoms with E-state index in [2.05, 4.69) is 24.1 Å². The summed E-state index contributed by atoms with van der Waals surface area (Å²) in [6.45, 7) is 0.582. The molecule has 9 nitrogen and oxygen atoms in total. The average molecular weight is 407 g/mol. The van der Waals surface area contributed by atoms with Crippen molar-refractivity contribution in [3.63, 3.8) is 0 Å². The number of amides is 1. The number of nitrogens with one attached hydrogen (secondary N) is 1. The van der Waals surface area contributed by atoms with Gasteiger partial charge in [-0.2, -0.15) is 8.75 Å². The van der Waals surface area contributed by atoms with Gasteiger partial charge in [0, 0.05) is 36.1 Å². The van der Waals surface area contributed by atoms with Crippen LogP contribution in [0.25, 0.3) is 22.4 Å². The summed E-state index contributed by atoms with van der Waals surface area (Å²) in [5.41, 5.74) is 2.63. The highest BCUT2D eigenvalue weighted by Crippen LogP contribution is 2.36. The second-order valence-electron chi connectivity index (χ2n) is 6.90. The maximum absolute atomic E-state index is 12.8. The predicted octanol–water partition coefficient (Wildman–Crippen LogP) is 1.88. The molecule has 0 saturated heterocycles. The molecule has 10 heteroatoms. The van der Waals surface area contributed by atoms with Gasteiger partial charge in [-0.3, -0.25) is 14.3 Å². The molecule has 29 heavy (non-hydrogen) atoms. The number of aromatic nitrogens is 6. The normalized spacial score (nSPS) is 13.7. The zero-order chi connectivity index (χ0) is 19.8. The van der Waals surface area contributed by atoms with Crippen molar-refractivity contribution in [2.45, 2.75) is 25.4 Å². The monoisotopic (exact) mass is 407 g/mol. The van der Waals surface area contributed by atoms with Crippen LogP contribution < -0.4 is 11.0 Å². The molecule has 1 aromatic carbocycles. The van der Waals surface area contributed by atoms with Gasteiger partial charge in [-0.05, 0) is 43.2 Å². The standard InChI is InChI=1S/C19H17N7O2S/c27-18(12-3-6-15-16(10-12)24-29-23-15)21-8-9-25-19(28)26(14-4-5-14)17(22-25)13-2-1-7-20-11-13/h1-3,6-7,10-11,14H,4-5,8-9H2,(H,21,27). The first kappa shape index (κ1) is 17.7. The predicted molar refractivity (Wildman–Crippen MR) is 108 cm³/mol. The van der Waals surface area contributed by atoms with E-state index in [1.165, 1.54) is 4.68 Å². The Labute approximate surface area is 169 Å². The molecule has 1 N–H and O–H groups in total. The molecule has 1 amide bonds. The fourth-order valence-electron chi connectivity index (χ4n) is 3.22. The highest BCUT2D eigenvalue weighted by molar-refractivity contribution is 7.00. The number of hydrogen-bond donors (Lipinski definition) is 1. The molecule has 1 saturated carbocycles. The molecule has 0 spiro atoms. The molecule has 1 aliphatic rings. The van der Waals surface area contributed by atoms with Crippen LogP contribution in [0.2, 0.25) is 0 Å². The molecule has 4 aromatic rings. The minimum atomic E-state index is -0.220. The zero-order valence-electron chi connectivity index (χ0n) is 15.4. The average Bonchev–Trinajstić information content (AvgIpc) is 3.38. The van der Waals surface area contributed by atoms with Crippen molar-refractivity contribution in [3.05, 3.63) is 58.8 Å². The van der Waals surface area contributed by atoms with Crippen LogP contribution in [-0.4, -0.2) is 40.5 Å². The molecule has 0 unspecified atom stereocenters. The van der Waals surface area contributed by atoms with E-state index >= 15 is 0 Å². The smallest absolute Gasteiger partial charge is 0.346 e. The number of pyridine rings is 1. The summed E-state index contributed by atoms with van der Waals surface area (Å²) in [4.78, 5) is 29.4. The fourth-order valence-corrected chi connectivity index (χ4v) is 3.74. The van der Waals surface area contributed by atoms with Gasteiger partial charge in [-0.1, -0.05) is 0 Å². The topological polar surface area (TPSA) is 108 Å². The Bertz CT molecular complexity index is 1240. The Morgan fingerprint density at radius 2 is 2.07 bits per heavy atom. The minimum Gasteiger partial charge on any atom is -0.350 e. The molecule has 0 atom stereocenters. The van der Waals surface area contributed by atoms with Crippen LogP contribution in [0.15, 0.2) is 47.5 Å². The summed E-state index contributed by atoms with van der Waals surface area (Å²) in [6, 6.07) is 9.11. The van der Waals surface area contributed by atoms with Crippen molar-refractivity contribution in [1.82, 2.24) is 33.4 Å². The van der Waals surface area contributed by atoms with Gasteiger partial charge in [0.05, 0.1) is 18.3 Å². The summed E-state index contributed by atoms with van der Waals surface area (Å²) in [5, 5.41) is 7.34. The van der Waals surface area contributed by atoms with Gasteiger partial charge >= 0.3 is 5.69 Å². The number of hydrogen-bond acceptors (Lipinski definition) is 7. The summed E-state index contributed by atoms with van der Waals surface area (Å²) in [6.07, 6.45) is 5.35. The van der Waals surface area contributed by atoms with Crippen LogP contribution in [0.4, 0.5) is 0 Å². The van der Waals surface area contributed by atoms with E-state index in [4.69, 9.17) is 0 Å². The van der Waals surface area contributed by atoms with Crippen molar-refractivity contribution in [3.8, 4) is 11.4 Å². The van der Waals surface area contributed by atoms with Crippen LogP contribution in [0.5, 0.6) is 0 Å². The van der Waals surface area contributed by atoms with E-state index in [9.17, 15) is 9.59 Å². The first-order valence-electron chi connectivity index (χ1n) is 9.31. The van der Waals surface area contributed by atoms with Gasteiger partial charge in [-0.25, -0.2) is 9.48 Å². The Kier molecular flexibility index (Phi) is 4.39. The largest absolute Gasteiger partial charge is 0.350 e. The Balaban J connectivity index is 1.32. The van der Waals surface area contributed by atoms with Crippen molar-refractivity contribution < 1.29 is 4.79 Å². The Morgan fingerprint density at radius 1 is 1.21 bits per heavy atom. The minimum absolute atomic E-state index is 0.157. The van der Waals surface area contributed by atoms with E-state index < -0.39 is 0 Å². The number of carbonyl (C=O) groups excluding carboxylic acids is 1. The first-order chi connectivity index (χ1) is 14.2. The highest BCUT2D eigenvalue weighted by atomic mass is 32.1. The van der Waals surface area contributed by atoms with Crippen molar-refractivity contribution in [2.24, 2.45) is 0 Å². The summed E-state index contributed by atoms with van der Waals surface area (Å²) in [5.74, 6) is 0.403. The fraction of sp³-hybridized carbons (Fsp3) is 0.263. The van der Waals surface area contributed by atoms with Crippen molar-refractivity contribution in [2.75, 3.05) is 6.54 Å². The zero-order valence-corrected chi connectivity index (χ0v) is 16.2. The van der Waals surface area contributed by atoms with Crippen LogP contribution in [-0.2, 0) is 6.54 Å². The molecule has 1 fully saturated rings. The number of benzene rings is 1. The van der Waals surface area contributed by atoms with E-state index in [0.717, 1.165) is 35.6 Å². The van der Waals surface area contributed by atoms with Crippen molar-refractivity contribution in [1.29, 1.82) is 0 Å². The highest BCUT2D eigenvalue weighted by Gasteiger charge is 2.30. The quantitative estimate of drug-likeness (QED) is 0.523. The van der Waals surface area contributed by atoms with E-state index in [1.807, 2.05) is 12.1 Å². The summed E-state index contributed by atoms with van der Waals surface area (Å²) >= 11 is 1.11. The van der Waals surface area contributed by atoms with Crippen molar-refractivity contribution >= 4 is 28.7 Å². The van der Waals surface area contributed by atoms with Crippen LogP contribution >= 0.6 is 11.7 Å². The maximum atomic E-state index is 12.8. The van der Waals surface area contributed by atoms with Crippen LogP contribution in [0.1, 0.15) is 29.2 Å². The lowest BCUT2D eigenvalue weighted by molar-refractivity contribution is 0.0952. The summed E-state index contributed by atoms with van der Waals surface area (Å²) in [7, 11) is 0. The van der Waals surface area contributed by atoms with Gasteiger partial charge in [-0.15, -0.1) is 5.10 Å². The lowest BCUT2D eigenvalue weighted by atomic mass is 10.2. The third-order valence-electron chi connectivity index (χ3n) is 4.83. The molecule has 0 aliphatic heterocycles. The van der Waals surface area contributed by atoms with Crippen LogP contribution in [0, 0.1) is 0 Å². The number of rotatable bonds is 6. The molecule has 146 valence electrons. The second kappa shape index (κ2) is 7.21. The molecule has 5 rings (SSSR count). The Morgan fingerprint density at radius 3 is 2.86 bits per heavy atom. The molecular formula is C19H17N7O2S. The van der Waals surface area contributed by atoms with Crippen LogP contribution in [0.3, 0.4) is 0 Å². The number of fused-ring (bicyclic) bond motifs is 1. The van der Waals surface area contributed by atoms with Gasteiger partial charge in [0.1, 0.15) is 11.0 Å². The number of nitrogens with zero attached hydrogens (tertiary/aromatic N) is 6. The molecule has 1 aliphatic carbocycles. The lowest BCUT2D eigenvalue weighted by Crippen LogP contribution is -2.32. The van der Waals surface area contributed by atoms with Gasteiger partial charge in [0.25, 0.3) is 5.91 Å². The Hall–Kier alpha value is -3.40. The lowest BCUT2D eigenvalue weighted by Gasteiger charge is -2.04. The first-order valence-corrected chi connectivity index (χ1v) is 10.0. The number of carbonyl (C=O) groups is 1. The second-order valence-corrected chi connectivity index (χ2v) is 7.42. The SMILES string of the molecule is O=C(NCCn1nc(-c2cccnc2)n(C2CC2)c1=O)c1ccc2nsnc2c1. The summed E-state index contributed by atoms with van der Waals surface area (Å²) < 4.78 is 11.4. The van der Waals surface area contributed by atoms with E-state index in [0.29, 0.717) is 23.4 Å². The van der Waals surface area contributed by atoms with Gasteiger partial charge in [0.15, 0.2) is 5.82 Å². The molecule has 3 aromatic heterocycles. The van der Waals surface area contributed by atoms with Gasteiger partial charge < -0.3 is 5.32 Å². The van der Waals surface area contributed by atoms with E-state index in [-0.39, 0.29) is 24.2 Å². The third-order valence-corrected chi connectivity index (χ3v) is 5.38. The maximum Gasteiger partial charge on any atom is 0.346 e. The molecule has 0 radical (unpaired) electrons. The van der Waals surface area contributed by atoms with E-state index in [1.54, 1.807) is 35.2 Å². The third kappa shape index (κ3) is 3.42. The van der Waals surface area contributed by atoms with Gasteiger partial charge in [0.2, 0.25) is 0 Å².